The molecule has 2 heterocycles. The summed E-state index contributed by atoms with van der Waals surface area (Å²) in [5, 5.41) is 10.6. The van der Waals surface area contributed by atoms with Crippen LogP contribution >= 0.6 is 0 Å². The van der Waals surface area contributed by atoms with Crippen LogP contribution in [-0.2, 0) is 6.42 Å². The van der Waals surface area contributed by atoms with Crippen LogP contribution in [0.25, 0.3) is 0 Å². The SMILES string of the molecule is Cc1ccccc1C1CCN(C[C@@H]2CCc3cccnc3[C@@H](O)C2)CC1CF. The van der Waals surface area contributed by atoms with E-state index in [0.717, 1.165) is 51.0 Å². The van der Waals surface area contributed by atoms with Gasteiger partial charge < -0.3 is 10.0 Å². The number of alkyl halides is 1. The Bertz CT molecular complexity index is 796. The fraction of sp³-hybridized carbons (Fsp3) is 0.542. The van der Waals surface area contributed by atoms with Crippen molar-refractivity contribution >= 4 is 0 Å². The van der Waals surface area contributed by atoms with Gasteiger partial charge in [0.25, 0.3) is 0 Å². The number of pyridine rings is 1. The van der Waals surface area contributed by atoms with Crippen LogP contribution in [0.5, 0.6) is 0 Å². The monoisotopic (exact) mass is 382 g/mol. The van der Waals surface area contributed by atoms with Gasteiger partial charge in [0.1, 0.15) is 0 Å². The summed E-state index contributed by atoms with van der Waals surface area (Å²) in [6.07, 6.45) is 5.08. The van der Waals surface area contributed by atoms with Crippen LogP contribution in [0.4, 0.5) is 4.39 Å². The summed E-state index contributed by atoms with van der Waals surface area (Å²) in [4.78, 5) is 6.84. The van der Waals surface area contributed by atoms with Gasteiger partial charge in [-0.25, -0.2) is 0 Å². The van der Waals surface area contributed by atoms with E-state index in [1.807, 2.05) is 6.07 Å². The van der Waals surface area contributed by atoms with Crippen molar-refractivity contribution in [2.24, 2.45) is 11.8 Å². The molecule has 3 nitrogen and oxygen atoms in total. The molecule has 28 heavy (non-hydrogen) atoms. The second-order valence-corrected chi connectivity index (χ2v) is 8.63. The number of fused-ring (bicyclic) bond motifs is 1. The normalized spacial score (nSPS) is 28.5. The number of aliphatic hydroxyl groups excluding tert-OH is 1. The highest BCUT2D eigenvalue weighted by atomic mass is 19.1. The summed E-state index contributed by atoms with van der Waals surface area (Å²) >= 11 is 0. The van der Waals surface area contributed by atoms with Gasteiger partial charge in [0.05, 0.1) is 18.5 Å². The molecule has 2 unspecified atom stereocenters. The van der Waals surface area contributed by atoms with E-state index in [1.165, 1.54) is 16.7 Å². The van der Waals surface area contributed by atoms with E-state index in [2.05, 4.69) is 47.1 Å². The van der Waals surface area contributed by atoms with Gasteiger partial charge in [-0.2, -0.15) is 0 Å². The minimum absolute atomic E-state index is 0.0596. The number of aromatic nitrogens is 1. The van der Waals surface area contributed by atoms with Crippen LogP contribution in [0.1, 0.15) is 53.7 Å². The van der Waals surface area contributed by atoms with Gasteiger partial charge in [0, 0.05) is 25.2 Å². The van der Waals surface area contributed by atoms with Gasteiger partial charge in [-0.1, -0.05) is 30.3 Å². The first kappa shape index (κ1) is 19.5. The highest BCUT2D eigenvalue weighted by Crippen LogP contribution is 2.37. The average molecular weight is 383 g/mol. The maximum Gasteiger partial charge on any atom is 0.0965 e. The summed E-state index contributed by atoms with van der Waals surface area (Å²) in [6.45, 7) is 4.64. The Morgan fingerprint density at radius 3 is 2.86 bits per heavy atom. The van der Waals surface area contributed by atoms with E-state index in [4.69, 9.17) is 0 Å². The molecule has 1 fully saturated rings. The predicted molar refractivity (Wildman–Crippen MR) is 110 cm³/mol. The second-order valence-electron chi connectivity index (χ2n) is 8.63. The van der Waals surface area contributed by atoms with Gasteiger partial charge in [0.2, 0.25) is 0 Å². The molecule has 1 N–H and O–H groups in total. The van der Waals surface area contributed by atoms with Gasteiger partial charge in [-0.05, 0) is 73.7 Å². The van der Waals surface area contributed by atoms with Crippen LogP contribution < -0.4 is 0 Å². The molecule has 2 aliphatic rings. The first-order chi connectivity index (χ1) is 13.7. The fourth-order valence-corrected chi connectivity index (χ4v) is 5.24. The lowest BCUT2D eigenvalue weighted by Gasteiger charge is -2.39. The zero-order valence-corrected chi connectivity index (χ0v) is 16.7. The van der Waals surface area contributed by atoms with Crippen molar-refractivity contribution in [3.63, 3.8) is 0 Å². The van der Waals surface area contributed by atoms with Crippen molar-refractivity contribution in [2.45, 2.75) is 44.6 Å². The summed E-state index contributed by atoms with van der Waals surface area (Å²) in [6, 6.07) is 12.5. The number of hydrogen-bond acceptors (Lipinski definition) is 3. The van der Waals surface area contributed by atoms with Gasteiger partial charge in [0.15, 0.2) is 0 Å². The van der Waals surface area contributed by atoms with Gasteiger partial charge in [-0.3, -0.25) is 9.37 Å². The van der Waals surface area contributed by atoms with Crippen molar-refractivity contribution in [1.29, 1.82) is 0 Å². The van der Waals surface area contributed by atoms with E-state index in [1.54, 1.807) is 6.20 Å². The number of aryl methyl sites for hydroxylation is 2. The molecule has 1 aliphatic carbocycles. The van der Waals surface area contributed by atoms with E-state index in [-0.39, 0.29) is 12.6 Å². The van der Waals surface area contributed by atoms with Gasteiger partial charge in [-0.15, -0.1) is 0 Å². The maximum absolute atomic E-state index is 13.9. The van der Waals surface area contributed by atoms with Crippen LogP contribution in [0.3, 0.4) is 0 Å². The lowest BCUT2D eigenvalue weighted by Crippen LogP contribution is -2.43. The molecule has 4 atom stereocenters. The first-order valence-electron chi connectivity index (χ1n) is 10.6. The quantitative estimate of drug-likeness (QED) is 0.794. The van der Waals surface area contributed by atoms with Crippen LogP contribution in [0.2, 0.25) is 0 Å². The van der Waals surface area contributed by atoms with Crippen LogP contribution in [-0.4, -0.2) is 41.3 Å². The molecule has 0 amide bonds. The molecule has 2 aromatic rings. The number of piperidine rings is 1. The standard InChI is InChI=1S/C24H31FN2O/c1-17-5-2-3-7-21(17)22-10-12-27(16-20(22)14-25)15-18-8-9-19-6-4-11-26-24(19)23(28)13-18/h2-7,11,18,20,22-23,28H,8-10,12-16H2,1H3/t18-,20?,22?,23+/m1/s1. The Labute approximate surface area is 167 Å². The number of nitrogens with zero attached hydrogens (tertiary/aromatic N) is 2. The third kappa shape index (κ3) is 4.13. The highest BCUT2D eigenvalue weighted by Gasteiger charge is 2.33. The molecule has 1 saturated heterocycles. The van der Waals surface area contributed by atoms with Crippen LogP contribution in [0, 0.1) is 18.8 Å². The minimum Gasteiger partial charge on any atom is -0.387 e. The first-order valence-corrected chi connectivity index (χ1v) is 10.6. The van der Waals surface area contributed by atoms with E-state index < -0.39 is 6.10 Å². The average Bonchev–Trinajstić information content (AvgIpc) is 2.87. The smallest absolute Gasteiger partial charge is 0.0965 e. The third-order valence-electron chi connectivity index (χ3n) is 6.74. The van der Waals surface area contributed by atoms with Crippen LogP contribution in [0.15, 0.2) is 42.6 Å². The zero-order valence-electron chi connectivity index (χ0n) is 16.7. The molecule has 0 spiro atoms. The molecule has 0 saturated carbocycles. The Morgan fingerprint density at radius 1 is 1.18 bits per heavy atom. The van der Waals surface area contributed by atoms with E-state index >= 15 is 0 Å². The van der Waals surface area contributed by atoms with Crippen molar-refractivity contribution in [3.05, 3.63) is 65.0 Å². The molecule has 1 aliphatic heterocycles. The van der Waals surface area contributed by atoms with Crippen molar-refractivity contribution < 1.29 is 9.50 Å². The Morgan fingerprint density at radius 2 is 2.04 bits per heavy atom. The number of likely N-dealkylation sites (tertiary alicyclic amines) is 1. The number of rotatable bonds is 4. The van der Waals surface area contributed by atoms with E-state index in [9.17, 15) is 9.50 Å². The molecule has 0 radical (unpaired) electrons. The molecule has 150 valence electrons. The fourth-order valence-electron chi connectivity index (χ4n) is 5.24. The highest BCUT2D eigenvalue weighted by molar-refractivity contribution is 5.30. The summed E-state index contributed by atoms with van der Waals surface area (Å²) in [7, 11) is 0. The molecular formula is C24H31FN2O. The molecular weight excluding hydrogens is 351 g/mol. The Kier molecular flexibility index (Phi) is 6.07. The number of hydrogen-bond donors (Lipinski definition) is 1. The lowest BCUT2D eigenvalue weighted by molar-refractivity contribution is 0.0900. The van der Waals surface area contributed by atoms with Crippen molar-refractivity contribution in [2.75, 3.05) is 26.3 Å². The maximum atomic E-state index is 13.9. The summed E-state index contributed by atoms with van der Waals surface area (Å²) < 4.78 is 13.9. The molecule has 1 aromatic carbocycles. The largest absolute Gasteiger partial charge is 0.387 e. The van der Waals surface area contributed by atoms with Crippen molar-refractivity contribution in [1.82, 2.24) is 9.88 Å². The minimum atomic E-state index is -0.481. The number of halogens is 1. The Hall–Kier alpha value is -1.78. The molecule has 0 bridgehead atoms. The van der Waals surface area contributed by atoms with Crippen molar-refractivity contribution in [3.8, 4) is 0 Å². The predicted octanol–water partition coefficient (Wildman–Crippen LogP) is 4.45. The second kappa shape index (κ2) is 8.71. The van der Waals surface area contributed by atoms with E-state index in [0.29, 0.717) is 11.8 Å². The zero-order chi connectivity index (χ0) is 19.5. The number of benzene rings is 1. The molecule has 1 aromatic heterocycles. The lowest BCUT2D eigenvalue weighted by atomic mass is 9.79. The summed E-state index contributed by atoms with van der Waals surface area (Å²) in [5.74, 6) is 0.805. The molecule has 4 rings (SSSR count). The topological polar surface area (TPSA) is 36.4 Å². The number of aliphatic hydroxyl groups is 1. The Balaban J connectivity index is 1.40. The third-order valence-corrected chi connectivity index (χ3v) is 6.74. The van der Waals surface area contributed by atoms with Gasteiger partial charge >= 0.3 is 0 Å². The molecule has 4 heteroatoms. The summed E-state index contributed by atoms with van der Waals surface area (Å²) in [5.41, 5.74) is 4.62.